The lowest BCUT2D eigenvalue weighted by atomic mass is 10.2. The first-order valence-corrected chi connectivity index (χ1v) is 5.25. The van der Waals surface area contributed by atoms with E-state index in [9.17, 15) is 10.1 Å². The molecule has 0 fully saturated rings. The third kappa shape index (κ3) is 2.75. The van der Waals surface area contributed by atoms with Gasteiger partial charge in [0, 0.05) is 5.56 Å². The van der Waals surface area contributed by atoms with Crippen LogP contribution in [-0.2, 0) is 6.61 Å². The molecule has 0 aliphatic carbocycles. The van der Waals surface area contributed by atoms with Crippen LogP contribution in [0.3, 0.4) is 0 Å². The molecule has 2 rings (SSSR count). The fraction of sp³-hybridized carbons (Fsp3) is 0.0909. The monoisotopic (exact) mass is 262 g/mol. The van der Waals surface area contributed by atoms with Crippen molar-refractivity contribution in [2.45, 2.75) is 6.61 Å². The molecule has 0 saturated heterocycles. The highest BCUT2D eigenvalue weighted by molar-refractivity contribution is 5.45. The normalized spacial score (nSPS) is 10.2. The van der Waals surface area contributed by atoms with Crippen LogP contribution < -0.4 is 10.5 Å². The molecule has 0 amide bonds. The number of hydrogen-bond donors (Lipinski definition) is 2. The summed E-state index contributed by atoms with van der Waals surface area (Å²) < 4.78 is 5.34. The minimum Gasteiger partial charge on any atom is -0.433 e. The summed E-state index contributed by atoms with van der Waals surface area (Å²) in [5.41, 5.74) is 5.46. The van der Waals surface area contributed by atoms with Crippen molar-refractivity contribution >= 4 is 11.6 Å². The van der Waals surface area contributed by atoms with Crippen LogP contribution >= 0.6 is 0 Å². The molecular weight excluding hydrogens is 252 g/mol. The molecular formula is C11H10N4O4. The Kier molecular flexibility index (Phi) is 3.53. The highest BCUT2D eigenvalue weighted by atomic mass is 16.6. The summed E-state index contributed by atoms with van der Waals surface area (Å²) in [6, 6.07) is 6.57. The lowest BCUT2D eigenvalue weighted by Gasteiger charge is -2.08. The molecule has 0 atom stereocenters. The van der Waals surface area contributed by atoms with Crippen LogP contribution in [0.4, 0.5) is 11.6 Å². The number of anilines is 1. The summed E-state index contributed by atoms with van der Waals surface area (Å²) in [5.74, 6) is -0.133. The molecule has 1 heterocycles. The van der Waals surface area contributed by atoms with Crippen molar-refractivity contribution in [2.75, 3.05) is 5.73 Å². The van der Waals surface area contributed by atoms with E-state index in [4.69, 9.17) is 15.6 Å². The van der Waals surface area contributed by atoms with E-state index in [-0.39, 0.29) is 24.2 Å². The number of nitrogen functional groups attached to an aromatic ring is 1. The Morgan fingerprint density at radius 2 is 2.16 bits per heavy atom. The van der Waals surface area contributed by atoms with Gasteiger partial charge in [-0.1, -0.05) is 18.2 Å². The van der Waals surface area contributed by atoms with Crippen LogP contribution in [-0.4, -0.2) is 20.0 Å². The van der Waals surface area contributed by atoms with Crippen molar-refractivity contribution in [1.82, 2.24) is 9.97 Å². The number of hydrogen-bond acceptors (Lipinski definition) is 7. The van der Waals surface area contributed by atoms with Gasteiger partial charge in [0.1, 0.15) is 11.9 Å². The smallest absolute Gasteiger partial charge is 0.349 e. The topological polar surface area (TPSA) is 124 Å². The molecule has 2 aromatic rings. The summed E-state index contributed by atoms with van der Waals surface area (Å²) in [4.78, 5) is 17.4. The average molecular weight is 262 g/mol. The number of aliphatic hydroxyl groups excluding tert-OH is 1. The molecule has 8 nitrogen and oxygen atoms in total. The van der Waals surface area contributed by atoms with E-state index in [0.29, 0.717) is 5.56 Å². The first kappa shape index (κ1) is 12.7. The molecule has 19 heavy (non-hydrogen) atoms. The van der Waals surface area contributed by atoms with E-state index in [1.807, 2.05) is 0 Å². The molecule has 1 aromatic carbocycles. The van der Waals surface area contributed by atoms with Crippen molar-refractivity contribution in [1.29, 1.82) is 0 Å². The quantitative estimate of drug-likeness (QED) is 0.627. The van der Waals surface area contributed by atoms with Gasteiger partial charge in [0.25, 0.3) is 0 Å². The Labute approximate surface area is 107 Å². The average Bonchev–Trinajstić information content (AvgIpc) is 2.39. The Bertz CT molecular complexity index is 617. The minimum atomic E-state index is -0.670. The van der Waals surface area contributed by atoms with Crippen molar-refractivity contribution in [2.24, 2.45) is 0 Å². The van der Waals surface area contributed by atoms with Gasteiger partial charge in [0.15, 0.2) is 0 Å². The van der Waals surface area contributed by atoms with Crippen LogP contribution in [0.5, 0.6) is 11.6 Å². The van der Waals surface area contributed by atoms with E-state index in [0.717, 1.165) is 6.20 Å². The summed E-state index contributed by atoms with van der Waals surface area (Å²) in [7, 11) is 0. The minimum absolute atomic E-state index is 0.137. The molecule has 98 valence electrons. The maximum atomic E-state index is 10.8. The summed E-state index contributed by atoms with van der Waals surface area (Å²) >= 11 is 0. The second kappa shape index (κ2) is 5.27. The number of benzene rings is 1. The van der Waals surface area contributed by atoms with Gasteiger partial charge in [0.2, 0.25) is 5.95 Å². The largest absolute Gasteiger partial charge is 0.433 e. The Hall–Kier alpha value is -2.74. The number of nitrogens with zero attached hydrogens (tertiary/aromatic N) is 3. The highest BCUT2D eigenvalue weighted by Gasteiger charge is 2.19. The van der Waals surface area contributed by atoms with Crippen molar-refractivity contribution in [3.63, 3.8) is 0 Å². The van der Waals surface area contributed by atoms with Crippen molar-refractivity contribution < 1.29 is 14.8 Å². The van der Waals surface area contributed by atoms with E-state index >= 15 is 0 Å². The number of aromatic nitrogens is 2. The molecule has 0 saturated carbocycles. The van der Waals surface area contributed by atoms with Gasteiger partial charge in [0.05, 0.1) is 11.5 Å². The second-order valence-electron chi connectivity index (χ2n) is 3.54. The molecule has 0 unspecified atom stereocenters. The Morgan fingerprint density at radius 1 is 1.42 bits per heavy atom. The standard InChI is InChI=1S/C11H10N4O4/c12-11-13-5-8(15(17)18)10(14-11)19-9-4-2-1-3-7(9)6-16/h1-5,16H,6H2,(H2,12,13,14). The van der Waals surface area contributed by atoms with Gasteiger partial charge in [-0.25, -0.2) is 4.98 Å². The first-order chi connectivity index (χ1) is 9.11. The number of para-hydroxylation sites is 1. The molecule has 0 aliphatic rings. The summed E-state index contributed by atoms with van der Waals surface area (Å²) in [6.07, 6.45) is 0.971. The highest BCUT2D eigenvalue weighted by Crippen LogP contribution is 2.30. The molecule has 0 bridgehead atoms. The third-order valence-corrected chi connectivity index (χ3v) is 2.30. The summed E-state index contributed by atoms with van der Waals surface area (Å²) in [6.45, 7) is -0.259. The lowest BCUT2D eigenvalue weighted by molar-refractivity contribution is -0.386. The van der Waals surface area contributed by atoms with Crippen LogP contribution in [0, 0.1) is 10.1 Å². The number of ether oxygens (including phenoxy) is 1. The van der Waals surface area contributed by atoms with E-state index in [1.54, 1.807) is 24.3 Å². The first-order valence-electron chi connectivity index (χ1n) is 5.25. The Morgan fingerprint density at radius 3 is 2.84 bits per heavy atom. The van der Waals surface area contributed by atoms with Gasteiger partial charge in [-0.15, -0.1) is 0 Å². The predicted octanol–water partition coefficient (Wildman–Crippen LogP) is 1.25. The van der Waals surface area contributed by atoms with Crippen molar-refractivity contribution in [3.05, 3.63) is 46.1 Å². The predicted molar refractivity (Wildman–Crippen MR) is 65.5 cm³/mol. The zero-order chi connectivity index (χ0) is 13.8. The van der Waals surface area contributed by atoms with Crippen LogP contribution in [0.25, 0.3) is 0 Å². The van der Waals surface area contributed by atoms with E-state index in [1.165, 1.54) is 0 Å². The Balaban J connectivity index is 2.42. The maximum Gasteiger partial charge on any atom is 0.349 e. The molecule has 0 spiro atoms. The molecule has 0 radical (unpaired) electrons. The molecule has 3 N–H and O–H groups in total. The molecule has 1 aromatic heterocycles. The fourth-order valence-electron chi connectivity index (χ4n) is 1.41. The molecule has 8 heteroatoms. The zero-order valence-corrected chi connectivity index (χ0v) is 9.68. The van der Waals surface area contributed by atoms with Crippen LogP contribution in [0.1, 0.15) is 5.56 Å². The lowest BCUT2D eigenvalue weighted by Crippen LogP contribution is -2.02. The maximum absolute atomic E-state index is 10.8. The number of nitro groups is 1. The van der Waals surface area contributed by atoms with Gasteiger partial charge >= 0.3 is 11.6 Å². The SMILES string of the molecule is Nc1ncc([N+](=O)[O-])c(Oc2ccccc2CO)n1. The van der Waals surface area contributed by atoms with Crippen molar-refractivity contribution in [3.8, 4) is 11.6 Å². The van der Waals surface area contributed by atoms with Gasteiger partial charge < -0.3 is 15.6 Å². The van der Waals surface area contributed by atoms with Gasteiger partial charge in [-0.05, 0) is 6.07 Å². The van der Waals surface area contributed by atoms with E-state index in [2.05, 4.69) is 9.97 Å². The van der Waals surface area contributed by atoms with Crippen LogP contribution in [0.2, 0.25) is 0 Å². The number of aliphatic hydroxyl groups is 1. The second-order valence-corrected chi connectivity index (χ2v) is 3.54. The van der Waals surface area contributed by atoms with Crippen LogP contribution in [0.15, 0.2) is 30.5 Å². The molecule has 0 aliphatic heterocycles. The van der Waals surface area contributed by atoms with Gasteiger partial charge in [-0.2, -0.15) is 4.98 Å². The van der Waals surface area contributed by atoms with E-state index < -0.39 is 10.6 Å². The zero-order valence-electron chi connectivity index (χ0n) is 9.68. The number of rotatable bonds is 4. The summed E-state index contributed by atoms with van der Waals surface area (Å²) in [5, 5.41) is 20.0. The fourth-order valence-corrected chi connectivity index (χ4v) is 1.41. The third-order valence-electron chi connectivity index (χ3n) is 2.30. The number of nitrogens with two attached hydrogens (primary N) is 1. The van der Waals surface area contributed by atoms with Gasteiger partial charge in [-0.3, -0.25) is 10.1 Å².